The van der Waals surface area contributed by atoms with E-state index >= 15 is 0 Å². The number of rotatable bonds is 3. The molecule has 2 rings (SSSR count). The topological polar surface area (TPSA) is 43.8 Å². The molecule has 19 heavy (non-hydrogen) atoms. The molecule has 3 unspecified atom stereocenters. The third-order valence-corrected chi connectivity index (χ3v) is 4.76. The maximum Gasteiger partial charge on any atom is 0.239 e. The number of amides is 1. The smallest absolute Gasteiger partial charge is 0.239 e. The number of hydrogen-bond donors (Lipinski definition) is 1. The van der Waals surface area contributed by atoms with Crippen molar-refractivity contribution in [2.45, 2.75) is 58.1 Å². The third kappa shape index (κ3) is 3.69. The molecular formula is C15H28N2O2. The quantitative estimate of drug-likeness (QED) is 0.843. The molecule has 0 spiro atoms. The number of hydrogen-bond acceptors (Lipinski definition) is 3. The van der Waals surface area contributed by atoms with Crippen molar-refractivity contribution in [3.63, 3.8) is 0 Å². The molecule has 0 bridgehead atoms. The van der Waals surface area contributed by atoms with Gasteiger partial charge in [0.2, 0.25) is 5.91 Å². The van der Waals surface area contributed by atoms with Crippen LogP contribution in [0.25, 0.3) is 0 Å². The third-order valence-electron chi connectivity index (χ3n) is 4.76. The van der Waals surface area contributed by atoms with Crippen LogP contribution in [0.15, 0.2) is 0 Å². The van der Waals surface area contributed by atoms with E-state index in [4.69, 9.17) is 0 Å². The maximum absolute atomic E-state index is 12.5. The molecule has 2 aliphatic heterocycles. The van der Waals surface area contributed by atoms with Crippen molar-refractivity contribution < 1.29 is 9.90 Å². The largest absolute Gasteiger partial charge is 0.393 e. The summed E-state index contributed by atoms with van der Waals surface area (Å²) < 4.78 is 0. The molecule has 3 atom stereocenters. The van der Waals surface area contributed by atoms with Gasteiger partial charge in [-0.15, -0.1) is 0 Å². The van der Waals surface area contributed by atoms with E-state index in [9.17, 15) is 9.90 Å². The van der Waals surface area contributed by atoms with Crippen molar-refractivity contribution in [3.05, 3.63) is 0 Å². The Morgan fingerprint density at radius 2 is 1.74 bits per heavy atom. The SMILES string of the molecule is CC(O)C1CCN(C(=O)C(C)N2CCCCCC2)C1. The number of aliphatic hydroxyl groups excluding tert-OH is 1. The molecule has 0 aromatic heterocycles. The minimum Gasteiger partial charge on any atom is -0.393 e. The number of likely N-dealkylation sites (tertiary alicyclic amines) is 2. The minimum atomic E-state index is -0.300. The Labute approximate surface area is 116 Å². The van der Waals surface area contributed by atoms with Gasteiger partial charge >= 0.3 is 0 Å². The highest BCUT2D eigenvalue weighted by molar-refractivity contribution is 5.81. The number of nitrogens with zero attached hydrogens (tertiary/aromatic N) is 2. The molecular weight excluding hydrogens is 240 g/mol. The minimum absolute atomic E-state index is 0.00542. The number of carbonyl (C=O) groups is 1. The van der Waals surface area contributed by atoms with Gasteiger partial charge in [0.15, 0.2) is 0 Å². The molecule has 1 amide bonds. The first-order valence-electron chi connectivity index (χ1n) is 7.80. The van der Waals surface area contributed by atoms with E-state index in [0.717, 1.165) is 32.6 Å². The van der Waals surface area contributed by atoms with Gasteiger partial charge in [0.05, 0.1) is 12.1 Å². The highest BCUT2D eigenvalue weighted by atomic mass is 16.3. The van der Waals surface area contributed by atoms with Crippen LogP contribution in [0.3, 0.4) is 0 Å². The van der Waals surface area contributed by atoms with E-state index < -0.39 is 0 Å². The summed E-state index contributed by atoms with van der Waals surface area (Å²) in [4.78, 5) is 16.8. The van der Waals surface area contributed by atoms with Crippen LogP contribution in [-0.4, -0.2) is 59.1 Å². The zero-order chi connectivity index (χ0) is 13.8. The van der Waals surface area contributed by atoms with Gasteiger partial charge in [0.1, 0.15) is 0 Å². The van der Waals surface area contributed by atoms with Crippen molar-refractivity contribution in [1.29, 1.82) is 0 Å². The average Bonchev–Trinajstić information content (AvgIpc) is 2.73. The monoisotopic (exact) mass is 268 g/mol. The molecule has 2 aliphatic rings. The van der Waals surface area contributed by atoms with Gasteiger partial charge in [-0.3, -0.25) is 9.69 Å². The standard InChI is InChI=1S/C15H28N2O2/c1-12(16-8-5-3-4-6-9-16)15(19)17-10-7-14(11-17)13(2)18/h12-14,18H,3-11H2,1-2H3. The molecule has 1 N–H and O–H groups in total. The first-order chi connectivity index (χ1) is 9.09. The predicted molar refractivity (Wildman–Crippen MR) is 75.9 cm³/mol. The summed E-state index contributed by atoms with van der Waals surface area (Å²) in [6.07, 6.45) is 5.67. The summed E-state index contributed by atoms with van der Waals surface area (Å²) >= 11 is 0. The second-order valence-corrected chi connectivity index (χ2v) is 6.20. The van der Waals surface area contributed by atoms with Gasteiger partial charge in [-0.1, -0.05) is 12.8 Å². The molecule has 2 heterocycles. The van der Waals surface area contributed by atoms with Gasteiger partial charge in [-0.05, 0) is 46.2 Å². The van der Waals surface area contributed by atoms with Gasteiger partial charge in [-0.2, -0.15) is 0 Å². The van der Waals surface area contributed by atoms with E-state index in [2.05, 4.69) is 4.90 Å². The van der Waals surface area contributed by atoms with Crippen LogP contribution < -0.4 is 0 Å². The fourth-order valence-electron chi connectivity index (χ4n) is 3.28. The van der Waals surface area contributed by atoms with Crippen molar-refractivity contribution in [1.82, 2.24) is 9.80 Å². The summed E-state index contributed by atoms with van der Waals surface area (Å²) in [5.41, 5.74) is 0. The van der Waals surface area contributed by atoms with Gasteiger partial charge in [0.25, 0.3) is 0 Å². The Morgan fingerprint density at radius 3 is 2.26 bits per heavy atom. The molecule has 4 heteroatoms. The maximum atomic E-state index is 12.5. The first-order valence-corrected chi connectivity index (χ1v) is 7.80. The molecule has 0 saturated carbocycles. The van der Waals surface area contributed by atoms with E-state index in [1.165, 1.54) is 25.7 Å². The predicted octanol–water partition coefficient (Wildman–Crippen LogP) is 1.48. The number of carbonyl (C=O) groups excluding carboxylic acids is 1. The molecule has 2 saturated heterocycles. The van der Waals surface area contributed by atoms with Crippen LogP contribution >= 0.6 is 0 Å². The second-order valence-electron chi connectivity index (χ2n) is 6.20. The molecule has 4 nitrogen and oxygen atoms in total. The second kappa shape index (κ2) is 6.71. The first kappa shape index (κ1) is 14.8. The zero-order valence-electron chi connectivity index (χ0n) is 12.3. The summed E-state index contributed by atoms with van der Waals surface area (Å²) in [7, 11) is 0. The summed E-state index contributed by atoms with van der Waals surface area (Å²) in [5.74, 6) is 0.519. The van der Waals surface area contributed by atoms with Crippen molar-refractivity contribution >= 4 is 5.91 Å². The van der Waals surface area contributed by atoms with Crippen LogP contribution in [0.5, 0.6) is 0 Å². The lowest BCUT2D eigenvalue weighted by atomic mass is 10.0. The fourth-order valence-corrected chi connectivity index (χ4v) is 3.28. The van der Waals surface area contributed by atoms with Gasteiger partial charge in [0, 0.05) is 19.0 Å². The Hall–Kier alpha value is -0.610. The lowest BCUT2D eigenvalue weighted by Gasteiger charge is -2.30. The summed E-state index contributed by atoms with van der Waals surface area (Å²) in [6, 6.07) is 0.00542. The normalized spacial score (nSPS) is 29.0. The van der Waals surface area contributed by atoms with E-state index in [1.807, 2.05) is 18.7 Å². The highest BCUT2D eigenvalue weighted by Gasteiger charge is 2.33. The fraction of sp³-hybridized carbons (Fsp3) is 0.933. The van der Waals surface area contributed by atoms with Crippen molar-refractivity contribution in [3.8, 4) is 0 Å². The Kier molecular flexibility index (Phi) is 5.22. The van der Waals surface area contributed by atoms with Crippen molar-refractivity contribution in [2.75, 3.05) is 26.2 Å². The van der Waals surface area contributed by atoms with Crippen LogP contribution in [0.2, 0.25) is 0 Å². The average molecular weight is 268 g/mol. The van der Waals surface area contributed by atoms with E-state index in [0.29, 0.717) is 0 Å². The van der Waals surface area contributed by atoms with Crippen LogP contribution in [0.1, 0.15) is 46.0 Å². The van der Waals surface area contributed by atoms with Gasteiger partial charge in [-0.25, -0.2) is 0 Å². The molecule has 0 aliphatic carbocycles. The lowest BCUT2D eigenvalue weighted by molar-refractivity contribution is -0.135. The Balaban J connectivity index is 1.88. The summed E-state index contributed by atoms with van der Waals surface area (Å²) in [6.45, 7) is 7.53. The summed E-state index contributed by atoms with van der Waals surface area (Å²) in [5, 5.41) is 9.63. The highest BCUT2D eigenvalue weighted by Crippen LogP contribution is 2.22. The molecule has 0 radical (unpaired) electrons. The van der Waals surface area contributed by atoms with Crippen LogP contribution in [-0.2, 0) is 4.79 Å². The van der Waals surface area contributed by atoms with E-state index in [1.54, 1.807) is 0 Å². The molecule has 110 valence electrons. The lowest BCUT2D eigenvalue weighted by Crippen LogP contribution is -2.47. The molecule has 0 aromatic carbocycles. The van der Waals surface area contributed by atoms with E-state index in [-0.39, 0.29) is 24.0 Å². The molecule has 2 fully saturated rings. The Morgan fingerprint density at radius 1 is 1.11 bits per heavy atom. The number of aliphatic hydroxyl groups is 1. The Bertz CT molecular complexity index is 299. The van der Waals surface area contributed by atoms with Gasteiger partial charge < -0.3 is 10.0 Å². The zero-order valence-corrected chi connectivity index (χ0v) is 12.3. The molecule has 0 aromatic rings. The van der Waals surface area contributed by atoms with Crippen LogP contribution in [0, 0.1) is 5.92 Å². The van der Waals surface area contributed by atoms with Crippen molar-refractivity contribution in [2.24, 2.45) is 5.92 Å². The van der Waals surface area contributed by atoms with Crippen LogP contribution in [0.4, 0.5) is 0 Å².